The van der Waals surface area contributed by atoms with Crippen molar-refractivity contribution in [2.45, 2.75) is 45.4 Å². The first kappa shape index (κ1) is 13.9. The summed E-state index contributed by atoms with van der Waals surface area (Å²) in [4.78, 5) is 11.8. The quantitative estimate of drug-likeness (QED) is 0.816. The predicted octanol–water partition coefficient (Wildman–Crippen LogP) is 2.23. The Hall–Kier alpha value is -1.55. The summed E-state index contributed by atoms with van der Waals surface area (Å²) in [6.07, 6.45) is 0.487. The first-order valence-electron chi connectivity index (χ1n) is 6.71. The van der Waals surface area contributed by atoms with Crippen molar-refractivity contribution in [2.75, 3.05) is 6.54 Å². The van der Waals surface area contributed by atoms with Gasteiger partial charge in [-0.3, -0.25) is 0 Å². The summed E-state index contributed by atoms with van der Waals surface area (Å²) in [7, 11) is 0. The molecule has 2 rings (SSSR count). The Morgan fingerprint density at radius 3 is 2.68 bits per heavy atom. The summed E-state index contributed by atoms with van der Waals surface area (Å²) in [5.74, 6) is 0. The molecule has 1 atom stereocenters. The first-order valence-corrected chi connectivity index (χ1v) is 6.71. The van der Waals surface area contributed by atoms with E-state index in [1.54, 1.807) is 0 Å². The van der Waals surface area contributed by atoms with Gasteiger partial charge in [0, 0.05) is 19.1 Å². The lowest BCUT2D eigenvalue weighted by Gasteiger charge is -2.23. The summed E-state index contributed by atoms with van der Waals surface area (Å²) >= 11 is 0. The van der Waals surface area contributed by atoms with E-state index in [-0.39, 0.29) is 12.1 Å². The van der Waals surface area contributed by atoms with E-state index in [1.165, 1.54) is 11.1 Å². The molecule has 1 aliphatic heterocycles. The van der Waals surface area contributed by atoms with Crippen LogP contribution in [0, 0.1) is 0 Å². The van der Waals surface area contributed by atoms with Crippen molar-refractivity contribution in [3.63, 3.8) is 0 Å². The highest BCUT2D eigenvalue weighted by Crippen LogP contribution is 2.14. The molecule has 0 bridgehead atoms. The molecular weight excluding hydrogens is 240 g/mol. The molecule has 0 spiro atoms. The minimum atomic E-state index is -0.458. The van der Waals surface area contributed by atoms with Crippen molar-refractivity contribution in [2.24, 2.45) is 0 Å². The normalized spacial score (nSPS) is 19.2. The van der Waals surface area contributed by atoms with Gasteiger partial charge >= 0.3 is 6.09 Å². The minimum absolute atomic E-state index is 0.0681. The van der Waals surface area contributed by atoms with Crippen LogP contribution in [-0.2, 0) is 17.7 Å². The third kappa shape index (κ3) is 4.24. The molecule has 0 radical (unpaired) electrons. The number of alkyl carbamates (subject to hydrolysis) is 1. The van der Waals surface area contributed by atoms with Gasteiger partial charge in [0.25, 0.3) is 0 Å². The van der Waals surface area contributed by atoms with Gasteiger partial charge in [0.2, 0.25) is 0 Å². The number of rotatable bonds is 1. The van der Waals surface area contributed by atoms with Gasteiger partial charge in [0.1, 0.15) is 5.60 Å². The molecule has 19 heavy (non-hydrogen) atoms. The molecule has 0 saturated carbocycles. The summed E-state index contributed by atoms with van der Waals surface area (Å²) in [6, 6.07) is 8.39. The van der Waals surface area contributed by atoms with Gasteiger partial charge in [-0.15, -0.1) is 0 Å². The lowest BCUT2D eigenvalue weighted by Crippen LogP contribution is -2.44. The van der Waals surface area contributed by atoms with Gasteiger partial charge in [-0.1, -0.05) is 24.3 Å². The number of carbonyl (C=O) groups is 1. The van der Waals surface area contributed by atoms with Crippen molar-refractivity contribution >= 4 is 6.09 Å². The van der Waals surface area contributed by atoms with Crippen molar-refractivity contribution in [3.8, 4) is 0 Å². The number of fused-ring (bicyclic) bond motifs is 1. The SMILES string of the molecule is CC(C)(C)OC(=O)N[C@@H]1CNCc2ccccc2C1. The first-order chi connectivity index (χ1) is 8.94. The van der Waals surface area contributed by atoms with Gasteiger partial charge in [-0.05, 0) is 38.3 Å². The number of benzene rings is 1. The zero-order chi connectivity index (χ0) is 13.9. The maximum Gasteiger partial charge on any atom is 0.407 e. The average Bonchev–Trinajstić information content (AvgIpc) is 2.47. The molecule has 1 aliphatic rings. The third-order valence-electron chi connectivity index (χ3n) is 3.01. The molecule has 4 heteroatoms. The Bertz CT molecular complexity index is 452. The molecule has 0 aliphatic carbocycles. The van der Waals surface area contributed by atoms with E-state index < -0.39 is 5.60 Å². The molecule has 0 fully saturated rings. The molecule has 104 valence electrons. The highest BCUT2D eigenvalue weighted by Gasteiger charge is 2.21. The van der Waals surface area contributed by atoms with Crippen LogP contribution in [0.5, 0.6) is 0 Å². The van der Waals surface area contributed by atoms with Crippen LogP contribution in [0.25, 0.3) is 0 Å². The van der Waals surface area contributed by atoms with Crippen molar-refractivity contribution in [1.29, 1.82) is 0 Å². The maximum absolute atomic E-state index is 11.8. The fourth-order valence-corrected chi connectivity index (χ4v) is 2.22. The highest BCUT2D eigenvalue weighted by molar-refractivity contribution is 5.68. The number of amides is 1. The van der Waals surface area contributed by atoms with Gasteiger partial charge < -0.3 is 15.4 Å². The Labute approximate surface area is 114 Å². The van der Waals surface area contributed by atoms with Gasteiger partial charge in [-0.25, -0.2) is 4.79 Å². The molecule has 2 N–H and O–H groups in total. The fraction of sp³-hybridized carbons (Fsp3) is 0.533. The molecule has 0 aromatic heterocycles. The number of nitrogens with one attached hydrogen (secondary N) is 2. The van der Waals surface area contributed by atoms with Gasteiger partial charge in [0.05, 0.1) is 0 Å². The van der Waals surface area contributed by atoms with Gasteiger partial charge in [-0.2, -0.15) is 0 Å². The van der Waals surface area contributed by atoms with Crippen LogP contribution < -0.4 is 10.6 Å². The smallest absolute Gasteiger partial charge is 0.407 e. The van der Waals surface area contributed by atoms with E-state index in [1.807, 2.05) is 32.9 Å². The predicted molar refractivity (Wildman–Crippen MR) is 75.0 cm³/mol. The van der Waals surface area contributed by atoms with Crippen LogP contribution >= 0.6 is 0 Å². The van der Waals surface area contributed by atoms with Crippen LogP contribution in [-0.4, -0.2) is 24.3 Å². The van der Waals surface area contributed by atoms with E-state index in [2.05, 4.69) is 22.8 Å². The van der Waals surface area contributed by atoms with E-state index in [0.29, 0.717) is 0 Å². The van der Waals surface area contributed by atoms with Crippen LogP contribution in [0.15, 0.2) is 24.3 Å². The summed E-state index contributed by atoms with van der Waals surface area (Å²) in [5, 5.41) is 6.28. The molecule has 0 unspecified atom stereocenters. The number of ether oxygens (including phenoxy) is 1. The summed E-state index contributed by atoms with van der Waals surface area (Å²) in [6.45, 7) is 7.21. The second-order valence-corrected chi connectivity index (χ2v) is 5.95. The average molecular weight is 262 g/mol. The lowest BCUT2D eigenvalue weighted by molar-refractivity contribution is 0.0504. The number of hydrogen-bond donors (Lipinski definition) is 2. The highest BCUT2D eigenvalue weighted by atomic mass is 16.6. The molecule has 1 aromatic carbocycles. The van der Waals surface area contributed by atoms with E-state index in [4.69, 9.17) is 4.74 Å². The molecule has 1 amide bonds. The Balaban J connectivity index is 1.97. The molecule has 0 saturated heterocycles. The van der Waals surface area contributed by atoms with Crippen LogP contribution in [0.1, 0.15) is 31.9 Å². The van der Waals surface area contributed by atoms with Crippen molar-refractivity contribution < 1.29 is 9.53 Å². The van der Waals surface area contributed by atoms with Crippen molar-refractivity contribution in [3.05, 3.63) is 35.4 Å². The Morgan fingerprint density at radius 1 is 1.32 bits per heavy atom. The lowest BCUT2D eigenvalue weighted by atomic mass is 10.0. The Kier molecular flexibility index (Phi) is 4.10. The second kappa shape index (κ2) is 5.61. The van der Waals surface area contributed by atoms with Crippen LogP contribution in [0.4, 0.5) is 4.79 Å². The Morgan fingerprint density at radius 2 is 2.00 bits per heavy atom. The molecular formula is C15H22N2O2. The standard InChI is InChI=1S/C15H22N2O2/c1-15(2,3)19-14(18)17-13-8-11-6-4-5-7-12(11)9-16-10-13/h4-7,13,16H,8-10H2,1-3H3,(H,17,18)/t13-/m0/s1. The number of carbonyl (C=O) groups excluding carboxylic acids is 1. The van der Waals surface area contributed by atoms with E-state index in [0.717, 1.165) is 19.5 Å². The van der Waals surface area contributed by atoms with E-state index in [9.17, 15) is 4.79 Å². The van der Waals surface area contributed by atoms with Gasteiger partial charge in [0.15, 0.2) is 0 Å². The van der Waals surface area contributed by atoms with Crippen LogP contribution in [0.3, 0.4) is 0 Å². The fourth-order valence-electron chi connectivity index (χ4n) is 2.22. The third-order valence-corrected chi connectivity index (χ3v) is 3.01. The monoisotopic (exact) mass is 262 g/mol. The second-order valence-electron chi connectivity index (χ2n) is 5.95. The molecule has 4 nitrogen and oxygen atoms in total. The topological polar surface area (TPSA) is 50.4 Å². The van der Waals surface area contributed by atoms with Crippen LogP contribution in [0.2, 0.25) is 0 Å². The minimum Gasteiger partial charge on any atom is -0.444 e. The zero-order valence-corrected chi connectivity index (χ0v) is 11.8. The van der Waals surface area contributed by atoms with Crippen molar-refractivity contribution in [1.82, 2.24) is 10.6 Å². The zero-order valence-electron chi connectivity index (χ0n) is 11.8. The largest absolute Gasteiger partial charge is 0.444 e. The number of hydrogen-bond acceptors (Lipinski definition) is 3. The summed E-state index contributed by atoms with van der Waals surface area (Å²) < 4.78 is 5.29. The maximum atomic E-state index is 11.8. The van der Waals surface area contributed by atoms with E-state index >= 15 is 0 Å². The summed E-state index contributed by atoms with van der Waals surface area (Å²) in [5.41, 5.74) is 2.13. The molecule has 1 heterocycles. The molecule has 1 aromatic rings.